The fraction of sp³-hybridized carbons (Fsp3) is 0.200. The summed E-state index contributed by atoms with van der Waals surface area (Å²) in [7, 11) is 0. The highest BCUT2D eigenvalue weighted by Gasteiger charge is 2.19. The van der Waals surface area contributed by atoms with E-state index in [0.29, 0.717) is 6.42 Å². The lowest BCUT2D eigenvalue weighted by Crippen LogP contribution is -2.21. The highest BCUT2D eigenvalue weighted by atomic mass is 79.9. The van der Waals surface area contributed by atoms with Gasteiger partial charge in [-0.25, -0.2) is 0 Å². The van der Waals surface area contributed by atoms with Gasteiger partial charge in [0.25, 0.3) is 0 Å². The lowest BCUT2D eigenvalue weighted by Gasteiger charge is -2.18. The Morgan fingerprint density at radius 3 is 2.17 bits per heavy atom. The molecule has 0 aliphatic rings. The van der Waals surface area contributed by atoms with Crippen LogP contribution in [-0.2, 0) is 6.42 Å². The molecule has 2 aromatic rings. The number of hydrogen-bond donors (Lipinski definition) is 2. The molecule has 2 nitrogen and oxygen atoms in total. The number of benzene rings is 2. The first-order valence-electron chi connectivity index (χ1n) is 5.83. The van der Waals surface area contributed by atoms with E-state index in [-0.39, 0.29) is 0 Å². The van der Waals surface area contributed by atoms with E-state index in [0.717, 1.165) is 15.6 Å². The minimum absolute atomic E-state index is 0.414. The normalized spacial score (nSPS) is 14.2. The maximum atomic E-state index is 10.1. The second-order valence-electron chi connectivity index (χ2n) is 4.22. The minimum Gasteiger partial charge on any atom is -0.390 e. The standard InChI is InChI=1S/C15H15BrO2/c16-13-9-5-4-8-12(13)10-14(17)15(18)11-6-2-1-3-7-11/h1-9,14-15,17-18H,10H2. The first-order valence-corrected chi connectivity index (χ1v) is 6.62. The molecule has 2 rings (SSSR count). The van der Waals surface area contributed by atoms with Crippen molar-refractivity contribution in [3.05, 3.63) is 70.2 Å². The quantitative estimate of drug-likeness (QED) is 0.911. The van der Waals surface area contributed by atoms with E-state index in [1.807, 2.05) is 54.6 Å². The summed E-state index contributed by atoms with van der Waals surface area (Å²) >= 11 is 3.44. The average Bonchev–Trinajstić information content (AvgIpc) is 2.41. The van der Waals surface area contributed by atoms with Gasteiger partial charge in [-0.3, -0.25) is 0 Å². The van der Waals surface area contributed by atoms with Crippen LogP contribution in [0.3, 0.4) is 0 Å². The molecule has 2 N–H and O–H groups in total. The van der Waals surface area contributed by atoms with Crippen molar-refractivity contribution in [1.29, 1.82) is 0 Å². The van der Waals surface area contributed by atoms with Crippen molar-refractivity contribution in [2.45, 2.75) is 18.6 Å². The Morgan fingerprint density at radius 2 is 1.50 bits per heavy atom. The van der Waals surface area contributed by atoms with Gasteiger partial charge in [0, 0.05) is 10.9 Å². The smallest absolute Gasteiger partial charge is 0.105 e. The summed E-state index contributed by atoms with van der Waals surface area (Å²) in [6, 6.07) is 16.9. The molecule has 2 aromatic carbocycles. The van der Waals surface area contributed by atoms with E-state index >= 15 is 0 Å². The minimum atomic E-state index is -0.863. The van der Waals surface area contributed by atoms with E-state index in [1.165, 1.54) is 0 Å². The molecule has 3 heteroatoms. The van der Waals surface area contributed by atoms with E-state index in [4.69, 9.17) is 0 Å². The number of aliphatic hydroxyl groups is 2. The van der Waals surface area contributed by atoms with Crippen molar-refractivity contribution in [2.24, 2.45) is 0 Å². The van der Waals surface area contributed by atoms with Gasteiger partial charge in [0.15, 0.2) is 0 Å². The van der Waals surface area contributed by atoms with Gasteiger partial charge in [-0.15, -0.1) is 0 Å². The lowest BCUT2D eigenvalue weighted by molar-refractivity contribution is 0.0189. The Bertz CT molecular complexity index is 499. The van der Waals surface area contributed by atoms with Crippen LogP contribution in [0.15, 0.2) is 59.1 Å². The van der Waals surface area contributed by atoms with Crippen LogP contribution in [0.4, 0.5) is 0 Å². The zero-order chi connectivity index (χ0) is 13.0. The molecule has 0 amide bonds. The Kier molecular flexibility index (Phi) is 4.53. The van der Waals surface area contributed by atoms with E-state index in [9.17, 15) is 10.2 Å². The summed E-state index contributed by atoms with van der Waals surface area (Å²) in [5.74, 6) is 0. The predicted molar refractivity (Wildman–Crippen MR) is 75.3 cm³/mol. The summed E-state index contributed by atoms with van der Waals surface area (Å²) < 4.78 is 0.948. The highest BCUT2D eigenvalue weighted by Crippen LogP contribution is 2.23. The van der Waals surface area contributed by atoms with Crippen LogP contribution in [0.1, 0.15) is 17.2 Å². The van der Waals surface area contributed by atoms with E-state index < -0.39 is 12.2 Å². The molecule has 2 atom stereocenters. The fourth-order valence-corrected chi connectivity index (χ4v) is 2.32. The zero-order valence-electron chi connectivity index (χ0n) is 9.83. The number of hydrogen-bond acceptors (Lipinski definition) is 2. The van der Waals surface area contributed by atoms with Crippen LogP contribution in [0.2, 0.25) is 0 Å². The maximum Gasteiger partial charge on any atom is 0.105 e. The summed E-state index contributed by atoms with van der Waals surface area (Å²) in [6.45, 7) is 0. The van der Waals surface area contributed by atoms with Crippen LogP contribution < -0.4 is 0 Å². The van der Waals surface area contributed by atoms with Crippen molar-refractivity contribution in [2.75, 3.05) is 0 Å². The molecule has 0 saturated carbocycles. The molecule has 0 fully saturated rings. The summed E-state index contributed by atoms with van der Waals surface area (Å²) in [6.07, 6.45) is -1.26. The third-order valence-corrected chi connectivity index (χ3v) is 3.67. The largest absolute Gasteiger partial charge is 0.390 e. The third kappa shape index (κ3) is 3.19. The molecular formula is C15H15BrO2. The van der Waals surface area contributed by atoms with Gasteiger partial charge in [-0.2, -0.15) is 0 Å². The van der Waals surface area contributed by atoms with Gasteiger partial charge in [-0.05, 0) is 17.2 Å². The van der Waals surface area contributed by atoms with Crippen LogP contribution in [-0.4, -0.2) is 16.3 Å². The molecule has 0 spiro atoms. The predicted octanol–water partition coefficient (Wildman–Crippen LogP) is 3.09. The highest BCUT2D eigenvalue weighted by molar-refractivity contribution is 9.10. The molecule has 0 aromatic heterocycles. The monoisotopic (exact) mass is 306 g/mol. The number of rotatable bonds is 4. The molecule has 2 unspecified atom stereocenters. The maximum absolute atomic E-state index is 10.1. The molecular weight excluding hydrogens is 292 g/mol. The first-order chi connectivity index (χ1) is 8.68. The van der Waals surface area contributed by atoms with Crippen LogP contribution in [0.25, 0.3) is 0 Å². The van der Waals surface area contributed by atoms with Crippen molar-refractivity contribution >= 4 is 15.9 Å². The SMILES string of the molecule is OC(Cc1ccccc1Br)C(O)c1ccccc1. The lowest BCUT2D eigenvalue weighted by atomic mass is 9.99. The summed E-state index contributed by atoms with van der Waals surface area (Å²) in [5.41, 5.74) is 1.72. The van der Waals surface area contributed by atoms with Gasteiger partial charge >= 0.3 is 0 Å². The second kappa shape index (κ2) is 6.14. The van der Waals surface area contributed by atoms with Crippen LogP contribution in [0, 0.1) is 0 Å². The molecule has 0 saturated heterocycles. The summed E-state index contributed by atoms with van der Waals surface area (Å²) in [5, 5.41) is 20.2. The van der Waals surface area contributed by atoms with Crippen LogP contribution >= 0.6 is 15.9 Å². The van der Waals surface area contributed by atoms with Gasteiger partial charge in [0.2, 0.25) is 0 Å². The van der Waals surface area contributed by atoms with E-state index in [1.54, 1.807) is 0 Å². The zero-order valence-corrected chi connectivity index (χ0v) is 11.4. The van der Waals surface area contributed by atoms with E-state index in [2.05, 4.69) is 15.9 Å². The van der Waals surface area contributed by atoms with Crippen molar-refractivity contribution < 1.29 is 10.2 Å². The third-order valence-electron chi connectivity index (χ3n) is 2.89. The van der Waals surface area contributed by atoms with Gasteiger partial charge in [0.05, 0.1) is 6.10 Å². The van der Waals surface area contributed by atoms with Gasteiger partial charge in [0.1, 0.15) is 6.10 Å². The van der Waals surface area contributed by atoms with Crippen molar-refractivity contribution in [3.63, 3.8) is 0 Å². The van der Waals surface area contributed by atoms with Crippen molar-refractivity contribution in [3.8, 4) is 0 Å². The second-order valence-corrected chi connectivity index (χ2v) is 5.07. The molecule has 94 valence electrons. The Balaban J connectivity index is 2.09. The Hall–Kier alpha value is -1.16. The van der Waals surface area contributed by atoms with Gasteiger partial charge < -0.3 is 10.2 Å². The molecule has 0 heterocycles. The molecule has 0 radical (unpaired) electrons. The average molecular weight is 307 g/mol. The number of aliphatic hydroxyl groups excluding tert-OH is 2. The van der Waals surface area contributed by atoms with Gasteiger partial charge in [-0.1, -0.05) is 64.5 Å². The topological polar surface area (TPSA) is 40.5 Å². The number of halogens is 1. The molecule has 0 aliphatic heterocycles. The van der Waals surface area contributed by atoms with Crippen LogP contribution in [0.5, 0.6) is 0 Å². The van der Waals surface area contributed by atoms with Crippen molar-refractivity contribution in [1.82, 2.24) is 0 Å². The fourth-order valence-electron chi connectivity index (χ4n) is 1.87. The molecule has 0 aliphatic carbocycles. The Labute approximate surface area is 115 Å². The first kappa shape index (κ1) is 13.3. The molecule has 0 bridgehead atoms. The molecule has 18 heavy (non-hydrogen) atoms. The Morgan fingerprint density at radius 1 is 0.889 bits per heavy atom. The summed E-state index contributed by atoms with van der Waals surface area (Å²) in [4.78, 5) is 0.